The molecule has 3 aliphatic rings. The van der Waals surface area contributed by atoms with E-state index < -0.39 is 29.0 Å². The van der Waals surface area contributed by atoms with E-state index in [4.69, 9.17) is 10.5 Å². The number of fused-ring (bicyclic) bond motifs is 1. The molecule has 4 heterocycles. The van der Waals surface area contributed by atoms with Crippen molar-refractivity contribution < 1.29 is 14.3 Å². The van der Waals surface area contributed by atoms with E-state index in [1.54, 1.807) is 29.1 Å². The summed E-state index contributed by atoms with van der Waals surface area (Å²) >= 11 is 1.60. The molecule has 182 valence electrons. The fourth-order valence-electron chi connectivity index (χ4n) is 4.56. The van der Waals surface area contributed by atoms with Crippen molar-refractivity contribution >= 4 is 40.1 Å². The molecule has 6 rings (SSSR count). The highest BCUT2D eigenvalue weighted by Gasteiger charge is 2.52. The van der Waals surface area contributed by atoms with Crippen LogP contribution in [0.4, 0.5) is 0 Å². The largest absolute Gasteiger partial charge is 0.448 e. The number of nitrogens with one attached hydrogen (secondary N) is 1. The molecule has 3 aromatic rings. The zero-order valence-electron chi connectivity index (χ0n) is 19.2. The van der Waals surface area contributed by atoms with E-state index in [1.165, 1.54) is 0 Å². The third-order valence-electron chi connectivity index (χ3n) is 6.39. The van der Waals surface area contributed by atoms with Crippen molar-refractivity contribution in [2.24, 2.45) is 5.73 Å². The maximum absolute atomic E-state index is 13.9. The molecular weight excluding hydrogens is 492 g/mol. The maximum Gasteiger partial charge on any atom is 0.356 e. The monoisotopic (exact) mass is 516 g/mol. The Balaban J connectivity index is 1.39. The van der Waals surface area contributed by atoms with E-state index >= 15 is 0 Å². The number of carbonyl (C=O) groups excluding carboxylic acids is 2. The number of hydrogen-bond donors (Lipinski definition) is 3. The van der Waals surface area contributed by atoms with E-state index in [0.29, 0.717) is 11.4 Å². The van der Waals surface area contributed by atoms with Crippen LogP contribution in [0, 0.1) is 0 Å². The number of rotatable bonds is 6. The highest BCUT2D eigenvalue weighted by atomic mass is 32.2. The predicted octanol–water partition coefficient (Wildman–Crippen LogP) is 4.07. The lowest BCUT2D eigenvalue weighted by atomic mass is 10.0. The van der Waals surface area contributed by atoms with Crippen LogP contribution in [-0.2, 0) is 14.3 Å². The number of benzene rings is 2. The fourth-order valence-corrected chi connectivity index (χ4v) is 8.22. The van der Waals surface area contributed by atoms with Gasteiger partial charge in [-0.15, -0.1) is 11.8 Å². The molecule has 0 spiro atoms. The van der Waals surface area contributed by atoms with E-state index in [9.17, 15) is 9.59 Å². The average molecular weight is 517 g/mol. The SMILES string of the molecule is N[C@@H]1C(=O)N2C(C(=O)OC(c3ccccc3)c3ccccc3)=C([SH]3C=CC(c4ncc[nH]4)=C3)CSC12. The van der Waals surface area contributed by atoms with E-state index in [1.807, 2.05) is 66.7 Å². The molecule has 36 heavy (non-hydrogen) atoms. The number of aromatic amines is 1. The van der Waals surface area contributed by atoms with Gasteiger partial charge < -0.3 is 15.5 Å². The zero-order valence-corrected chi connectivity index (χ0v) is 20.9. The number of amides is 1. The van der Waals surface area contributed by atoms with Crippen LogP contribution in [0.15, 0.2) is 101 Å². The first-order valence-electron chi connectivity index (χ1n) is 11.5. The molecule has 1 aromatic heterocycles. The van der Waals surface area contributed by atoms with Gasteiger partial charge in [0.05, 0.1) is 0 Å². The highest BCUT2D eigenvalue weighted by molar-refractivity contribution is 8.26. The van der Waals surface area contributed by atoms with Crippen LogP contribution in [-0.4, -0.2) is 43.9 Å². The zero-order chi connectivity index (χ0) is 24.6. The van der Waals surface area contributed by atoms with Gasteiger partial charge in [-0.05, 0) is 28.0 Å². The Morgan fingerprint density at radius 3 is 2.47 bits per heavy atom. The number of nitrogens with zero attached hydrogens (tertiary/aromatic N) is 2. The van der Waals surface area contributed by atoms with Gasteiger partial charge in [0.2, 0.25) is 5.91 Å². The summed E-state index contributed by atoms with van der Waals surface area (Å²) in [5.41, 5.74) is 9.11. The minimum absolute atomic E-state index is 0.249. The van der Waals surface area contributed by atoms with Crippen LogP contribution < -0.4 is 5.73 Å². The third kappa shape index (κ3) is 3.99. The molecule has 0 bridgehead atoms. The van der Waals surface area contributed by atoms with Gasteiger partial charge in [0, 0.05) is 28.6 Å². The Hall–Kier alpha value is -3.53. The van der Waals surface area contributed by atoms with Gasteiger partial charge >= 0.3 is 5.97 Å². The first kappa shape index (κ1) is 22.9. The number of carbonyl (C=O) groups is 2. The number of H-pyrrole nitrogens is 1. The number of nitrogens with two attached hydrogens (primary N) is 1. The van der Waals surface area contributed by atoms with Crippen molar-refractivity contribution in [2.75, 3.05) is 5.75 Å². The third-order valence-corrected chi connectivity index (χ3v) is 9.92. The van der Waals surface area contributed by atoms with Gasteiger partial charge in [-0.3, -0.25) is 9.69 Å². The molecule has 9 heteroatoms. The lowest BCUT2D eigenvalue weighted by Gasteiger charge is -2.49. The van der Waals surface area contributed by atoms with Gasteiger partial charge in [0.1, 0.15) is 22.9 Å². The first-order valence-corrected chi connectivity index (χ1v) is 14.1. The summed E-state index contributed by atoms with van der Waals surface area (Å²) in [5.74, 6) is 0.619. The number of aromatic nitrogens is 2. The number of hydrogen-bond acceptors (Lipinski definition) is 6. The molecule has 1 saturated heterocycles. The summed E-state index contributed by atoms with van der Waals surface area (Å²) in [7, 11) is -0.937. The van der Waals surface area contributed by atoms with Crippen LogP contribution >= 0.6 is 22.7 Å². The second kappa shape index (κ2) is 9.50. The van der Waals surface area contributed by atoms with Gasteiger partial charge in [0.15, 0.2) is 6.10 Å². The Bertz CT molecular complexity index is 1350. The van der Waals surface area contributed by atoms with Gasteiger partial charge in [-0.2, -0.15) is 10.9 Å². The molecule has 3 atom stereocenters. The van der Waals surface area contributed by atoms with E-state index in [-0.39, 0.29) is 11.3 Å². The molecule has 2 unspecified atom stereocenters. The second-order valence-corrected chi connectivity index (χ2v) is 11.6. The summed E-state index contributed by atoms with van der Waals surface area (Å²) in [6.45, 7) is 0. The number of β-lactam (4-membered cyclic amide) rings is 1. The summed E-state index contributed by atoms with van der Waals surface area (Å²) in [6.07, 6.45) is 4.90. The fraction of sp³-hybridized carbons (Fsp3) is 0.148. The van der Waals surface area contributed by atoms with Crippen LogP contribution in [0.2, 0.25) is 0 Å². The number of thiol groups is 1. The Morgan fingerprint density at radius 1 is 1.14 bits per heavy atom. The topological polar surface area (TPSA) is 101 Å². The lowest BCUT2D eigenvalue weighted by Crippen LogP contribution is -2.68. The standard InChI is InChI=1S/C27H24N4O3S2/c28-21-25(32)31-22(20(15-35-26(21)31)36-14-11-19(16-36)24-29-12-13-30-24)27(33)34-23(17-7-3-1-4-8-17)18-9-5-2-6-10-18/h1-14,16,21,23,26,36H,15,28H2,(H,29,30)/t21-,26?/m1/s1. The van der Waals surface area contributed by atoms with E-state index in [0.717, 1.165) is 27.4 Å². The molecule has 0 aliphatic carbocycles. The van der Waals surface area contributed by atoms with Crippen LogP contribution in [0.25, 0.3) is 5.57 Å². The predicted molar refractivity (Wildman–Crippen MR) is 144 cm³/mol. The van der Waals surface area contributed by atoms with Gasteiger partial charge in [-0.25, -0.2) is 9.78 Å². The maximum atomic E-state index is 13.9. The minimum Gasteiger partial charge on any atom is -0.448 e. The molecule has 2 aromatic carbocycles. The van der Waals surface area contributed by atoms with Crippen molar-refractivity contribution in [3.05, 3.63) is 118 Å². The molecular formula is C27H24N4O3S2. The van der Waals surface area contributed by atoms with Crippen LogP contribution in [0.5, 0.6) is 0 Å². The molecule has 0 radical (unpaired) electrons. The van der Waals surface area contributed by atoms with Crippen molar-refractivity contribution in [2.45, 2.75) is 17.5 Å². The number of ether oxygens (including phenoxy) is 1. The van der Waals surface area contributed by atoms with Crippen molar-refractivity contribution in [3.8, 4) is 0 Å². The van der Waals surface area contributed by atoms with Gasteiger partial charge in [-0.1, -0.05) is 60.7 Å². The number of allylic oxidation sites excluding steroid dienone is 2. The summed E-state index contributed by atoms with van der Waals surface area (Å²) in [6, 6.07) is 18.7. The Morgan fingerprint density at radius 2 is 1.83 bits per heavy atom. The van der Waals surface area contributed by atoms with E-state index in [2.05, 4.69) is 20.8 Å². The van der Waals surface area contributed by atoms with Crippen molar-refractivity contribution in [3.63, 3.8) is 0 Å². The minimum atomic E-state index is -0.937. The van der Waals surface area contributed by atoms with Crippen molar-refractivity contribution in [1.82, 2.24) is 14.9 Å². The highest BCUT2D eigenvalue weighted by Crippen LogP contribution is 2.53. The Labute approximate surface area is 215 Å². The van der Waals surface area contributed by atoms with Crippen molar-refractivity contribution in [1.29, 1.82) is 0 Å². The molecule has 1 amide bonds. The van der Waals surface area contributed by atoms with Crippen LogP contribution in [0.3, 0.4) is 0 Å². The molecule has 3 N–H and O–H groups in total. The van der Waals surface area contributed by atoms with Gasteiger partial charge in [0.25, 0.3) is 0 Å². The summed E-state index contributed by atoms with van der Waals surface area (Å²) < 4.78 is 6.19. The molecule has 0 saturated carbocycles. The molecule has 3 aliphatic heterocycles. The normalized spacial score (nSPS) is 23.9. The summed E-state index contributed by atoms with van der Waals surface area (Å²) in [4.78, 5) is 36.7. The average Bonchev–Trinajstić information content (AvgIpc) is 3.64. The number of esters is 1. The molecule has 7 nitrogen and oxygen atoms in total. The Kier molecular flexibility index (Phi) is 6.04. The lowest BCUT2D eigenvalue weighted by molar-refractivity contribution is -0.152. The smallest absolute Gasteiger partial charge is 0.356 e. The summed E-state index contributed by atoms with van der Waals surface area (Å²) in [5, 5.41) is 3.95. The van der Waals surface area contributed by atoms with Crippen LogP contribution in [0.1, 0.15) is 23.1 Å². The quantitative estimate of drug-likeness (QED) is 0.259. The number of imidazole rings is 1. The number of thioether (sulfide) groups is 1. The first-order chi connectivity index (χ1) is 17.6. The molecule has 1 fully saturated rings. The second-order valence-electron chi connectivity index (χ2n) is 8.58.